The average molecular weight is 483 g/mol. The lowest BCUT2D eigenvalue weighted by Crippen LogP contribution is -2.34. The van der Waals surface area contributed by atoms with E-state index in [0.717, 1.165) is 50.4 Å². The molecule has 3 rings (SSSR count). The molecular formula is C31H46O4. The van der Waals surface area contributed by atoms with Crippen LogP contribution in [0.15, 0.2) is 35.5 Å². The van der Waals surface area contributed by atoms with Crippen molar-refractivity contribution in [1.82, 2.24) is 0 Å². The number of hydrogen-bond donors (Lipinski definition) is 0. The molecule has 4 nitrogen and oxygen atoms in total. The molecule has 35 heavy (non-hydrogen) atoms. The highest BCUT2D eigenvalue weighted by Gasteiger charge is 2.50. The first kappa shape index (κ1) is 27.6. The fourth-order valence-corrected chi connectivity index (χ4v) is 6.97. The normalized spacial score (nSPS) is 32.7. The van der Waals surface area contributed by atoms with E-state index < -0.39 is 0 Å². The van der Waals surface area contributed by atoms with Crippen molar-refractivity contribution in [3.05, 3.63) is 35.5 Å². The summed E-state index contributed by atoms with van der Waals surface area (Å²) in [6.07, 6.45) is 20.8. The highest BCUT2D eigenvalue weighted by molar-refractivity contribution is 6.01. The van der Waals surface area contributed by atoms with Gasteiger partial charge in [0.15, 0.2) is 5.78 Å². The monoisotopic (exact) mass is 482 g/mol. The Morgan fingerprint density at radius 2 is 1.91 bits per heavy atom. The number of rotatable bonds is 12. The van der Waals surface area contributed by atoms with Gasteiger partial charge in [-0.15, -0.1) is 0 Å². The van der Waals surface area contributed by atoms with Crippen LogP contribution in [-0.4, -0.2) is 24.6 Å². The molecule has 0 bridgehead atoms. The molecular weight excluding hydrogens is 436 g/mol. The van der Waals surface area contributed by atoms with Gasteiger partial charge in [-0.05, 0) is 79.8 Å². The number of carbonyl (C=O) groups is 3. The highest BCUT2D eigenvalue weighted by atomic mass is 16.5. The summed E-state index contributed by atoms with van der Waals surface area (Å²) >= 11 is 0. The van der Waals surface area contributed by atoms with Gasteiger partial charge in [-0.2, -0.15) is 0 Å². The third-order valence-corrected chi connectivity index (χ3v) is 9.12. The van der Waals surface area contributed by atoms with Crippen molar-refractivity contribution in [2.45, 2.75) is 98.3 Å². The topological polar surface area (TPSA) is 60.4 Å². The molecule has 0 radical (unpaired) electrons. The van der Waals surface area contributed by atoms with Crippen LogP contribution < -0.4 is 0 Å². The van der Waals surface area contributed by atoms with E-state index in [1.807, 2.05) is 19.1 Å². The largest absolute Gasteiger partial charge is 0.463 e. The summed E-state index contributed by atoms with van der Waals surface area (Å²) in [4.78, 5) is 36.7. The predicted molar refractivity (Wildman–Crippen MR) is 141 cm³/mol. The fraction of sp³-hybridized carbons (Fsp3) is 0.710. The van der Waals surface area contributed by atoms with Crippen molar-refractivity contribution >= 4 is 18.0 Å². The van der Waals surface area contributed by atoms with Crippen LogP contribution in [0.4, 0.5) is 0 Å². The number of allylic oxidation sites excluding steroid dienone is 5. The lowest BCUT2D eigenvalue weighted by molar-refractivity contribution is -0.137. The molecule has 194 valence electrons. The number of ketones is 1. The number of hydrogen-bond acceptors (Lipinski definition) is 4. The van der Waals surface area contributed by atoms with Gasteiger partial charge in [-0.25, -0.2) is 4.79 Å². The summed E-state index contributed by atoms with van der Waals surface area (Å²) in [5, 5.41) is 0. The second-order valence-corrected chi connectivity index (χ2v) is 11.6. The van der Waals surface area contributed by atoms with E-state index in [0.29, 0.717) is 24.0 Å². The van der Waals surface area contributed by atoms with Gasteiger partial charge < -0.3 is 4.74 Å². The Hall–Kier alpha value is -1.97. The second-order valence-electron chi connectivity index (χ2n) is 11.6. The molecule has 0 heterocycles. The Labute approximate surface area is 212 Å². The first-order valence-corrected chi connectivity index (χ1v) is 14.0. The van der Waals surface area contributed by atoms with Gasteiger partial charge in [-0.1, -0.05) is 77.0 Å². The van der Waals surface area contributed by atoms with Crippen molar-refractivity contribution in [1.29, 1.82) is 0 Å². The lowest BCUT2D eigenvalue weighted by Gasteiger charge is -2.40. The molecule has 0 aliphatic heterocycles. The van der Waals surface area contributed by atoms with Crippen molar-refractivity contribution in [3.8, 4) is 0 Å². The molecule has 0 amide bonds. The first-order valence-electron chi connectivity index (χ1n) is 14.0. The molecule has 1 fully saturated rings. The molecule has 3 aliphatic rings. The Morgan fingerprint density at radius 3 is 2.63 bits per heavy atom. The molecule has 0 N–H and O–H groups in total. The van der Waals surface area contributed by atoms with E-state index in [9.17, 15) is 14.4 Å². The van der Waals surface area contributed by atoms with E-state index in [1.54, 1.807) is 12.2 Å². The lowest BCUT2D eigenvalue weighted by atomic mass is 9.63. The summed E-state index contributed by atoms with van der Waals surface area (Å²) in [7, 11) is 0. The smallest absolute Gasteiger partial charge is 0.330 e. The Bertz CT molecular complexity index is 850. The molecule has 0 aromatic carbocycles. The Kier molecular flexibility index (Phi) is 10.1. The van der Waals surface area contributed by atoms with Crippen LogP contribution in [0.1, 0.15) is 98.3 Å². The maximum Gasteiger partial charge on any atom is 0.330 e. The minimum atomic E-state index is -0.284. The Morgan fingerprint density at radius 1 is 1.20 bits per heavy atom. The van der Waals surface area contributed by atoms with Crippen molar-refractivity contribution in [2.24, 2.45) is 35.0 Å². The van der Waals surface area contributed by atoms with Crippen molar-refractivity contribution in [3.63, 3.8) is 0 Å². The van der Waals surface area contributed by atoms with Crippen LogP contribution in [-0.2, 0) is 19.1 Å². The minimum absolute atomic E-state index is 0.0914. The zero-order valence-electron chi connectivity index (χ0n) is 22.4. The summed E-state index contributed by atoms with van der Waals surface area (Å²) in [6, 6.07) is 0. The molecule has 3 aliphatic carbocycles. The standard InChI is InChI=1S/C31H46O4/c1-5-6-7-8-9-10-11-18-35-29(34)15-12-22(2)25-16-17-31(4)20-26-23(3)19-28(33)30(26)24(21-32)13-14-27(25)31/h12-13,15,19,21-22,25-27,30H,5-11,14,16-18,20H2,1-4H3/b15-12+,24-13-/t22-,25+,26+,27-,30-,31+/m0/s1. The third kappa shape index (κ3) is 6.83. The third-order valence-electron chi connectivity index (χ3n) is 9.12. The number of carbonyl (C=O) groups excluding carboxylic acids is 3. The summed E-state index contributed by atoms with van der Waals surface area (Å²) in [5.41, 5.74) is 1.92. The van der Waals surface area contributed by atoms with Crippen LogP contribution in [0, 0.1) is 35.0 Å². The molecule has 0 aromatic heterocycles. The molecule has 0 unspecified atom stereocenters. The van der Waals surface area contributed by atoms with Crippen LogP contribution >= 0.6 is 0 Å². The Balaban J connectivity index is 1.54. The molecule has 6 atom stereocenters. The van der Waals surface area contributed by atoms with Crippen LogP contribution in [0.25, 0.3) is 0 Å². The average Bonchev–Trinajstić information content (AvgIpc) is 3.28. The second kappa shape index (κ2) is 12.8. The fourth-order valence-electron chi connectivity index (χ4n) is 6.97. The molecule has 0 saturated heterocycles. The quantitative estimate of drug-likeness (QED) is 0.128. The molecule has 4 heteroatoms. The van der Waals surface area contributed by atoms with Crippen LogP contribution in [0.3, 0.4) is 0 Å². The van der Waals surface area contributed by atoms with Crippen molar-refractivity contribution in [2.75, 3.05) is 6.61 Å². The highest BCUT2D eigenvalue weighted by Crippen LogP contribution is 2.58. The van der Waals surface area contributed by atoms with Crippen molar-refractivity contribution < 1.29 is 19.1 Å². The van der Waals surface area contributed by atoms with Crippen LogP contribution in [0.2, 0.25) is 0 Å². The summed E-state index contributed by atoms with van der Waals surface area (Å²) < 4.78 is 5.43. The predicted octanol–water partition coefficient (Wildman–Crippen LogP) is 7.19. The number of fused-ring (bicyclic) bond motifs is 2. The number of aldehydes is 1. The molecule has 0 spiro atoms. The zero-order valence-corrected chi connectivity index (χ0v) is 22.4. The summed E-state index contributed by atoms with van der Waals surface area (Å²) in [6.45, 7) is 9.34. The van der Waals surface area contributed by atoms with E-state index in [4.69, 9.17) is 4.74 Å². The minimum Gasteiger partial charge on any atom is -0.463 e. The maximum atomic E-state index is 12.6. The van der Waals surface area contributed by atoms with Gasteiger partial charge in [-0.3, -0.25) is 9.59 Å². The van der Waals surface area contributed by atoms with Gasteiger partial charge in [0.05, 0.1) is 12.5 Å². The first-order chi connectivity index (χ1) is 16.8. The van der Waals surface area contributed by atoms with E-state index in [2.05, 4.69) is 20.8 Å². The van der Waals surface area contributed by atoms with Gasteiger partial charge >= 0.3 is 5.97 Å². The molecule has 0 aromatic rings. The summed E-state index contributed by atoms with van der Waals surface area (Å²) in [5.74, 6) is 0.856. The number of esters is 1. The SMILES string of the molecule is CCCCCCCCCOC(=O)/C=C/[C@H](C)[C@H]1CC[C@]2(C)C[C@@H]3C(C)=CC(=O)[C@H]3/C(C=O)=C\C[C@@H]12. The van der Waals surface area contributed by atoms with E-state index in [1.165, 1.54) is 32.1 Å². The number of unbranched alkanes of at least 4 members (excludes halogenated alkanes) is 6. The maximum absolute atomic E-state index is 12.6. The van der Waals surface area contributed by atoms with Gasteiger partial charge in [0, 0.05) is 6.08 Å². The van der Waals surface area contributed by atoms with Gasteiger partial charge in [0.2, 0.25) is 0 Å². The zero-order chi connectivity index (χ0) is 25.4. The van der Waals surface area contributed by atoms with E-state index >= 15 is 0 Å². The number of ether oxygens (including phenoxy) is 1. The van der Waals surface area contributed by atoms with Gasteiger partial charge in [0.1, 0.15) is 6.29 Å². The van der Waals surface area contributed by atoms with Gasteiger partial charge in [0.25, 0.3) is 0 Å². The van der Waals surface area contributed by atoms with Crippen LogP contribution in [0.5, 0.6) is 0 Å². The molecule has 1 saturated carbocycles. The van der Waals surface area contributed by atoms with E-state index in [-0.39, 0.29) is 34.9 Å².